The number of hydrogen-bond acceptors (Lipinski definition) is 2. The van der Waals surface area contributed by atoms with Crippen molar-refractivity contribution in [1.82, 2.24) is 5.32 Å². The minimum Gasteiger partial charge on any atom is -0.459 e. The number of rotatable bonds is 3. The van der Waals surface area contributed by atoms with Gasteiger partial charge in [-0.05, 0) is 29.8 Å². The van der Waals surface area contributed by atoms with Crippen LogP contribution < -0.4 is 5.32 Å². The minimum absolute atomic E-state index is 0.273. The van der Waals surface area contributed by atoms with Crippen molar-refractivity contribution >= 4 is 29.1 Å². The first-order valence-corrected chi connectivity index (χ1v) is 5.68. The van der Waals surface area contributed by atoms with Crippen LogP contribution in [0.4, 0.5) is 0 Å². The molecule has 1 amide bonds. The highest BCUT2D eigenvalue weighted by atomic mass is 35.5. The van der Waals surface area contributed by atoms with Crippen LogP contribution in [0.2, 0.25) is 10.0 Å². The van der Waals surface area contributed by atoms with Gasteiger partial charge in [0.05, 0.1) is 6.26 Å². The van der Waals surface area contributed by atoms with Gasteiger partial charge in [-0.15, -0.1) is 0 Å². The summed E-state index contributed by atoms with van der Waals surface area (Å²) in [6, 6.07) is 8.38. The summed E-state index contributed by atoms with van der Waals surface area (Å²) in [5, 5.41) is 3.79. The molecule has 0 aliphatic heterocycles. The molecule has 3 nitrogen and oxygen atoms in total. The van der Waals surface area contributed by atoms with E-state index in [1.54, 1.807) is 30.3 Å². The fourth-order valence-electron chi connectivity index (χ4n) is 1.34. The Morgan fingerprint density at radius 1 is 1.29 bits per heavy atom. The molecule has 1 aromatic carbocycles. The van der Waals surface area contributed by atoms with Crippen LogP contribution in [0.1, 0.15) is 16.1 Å². The number of carbonyl (C=O) groups is 1. The standard InChI is InChI=1S/C12H9Cl2NO2/c13-9-4-3-8(10(14)6-9)7-15-12(16)11-2-1-5-17-11/h1-6H,7H2,(H,15,16). The van der Waals surface area contributed by atoms with Crippen molar-refractivity contribution in [2.24, 2.45) is 0 Å². The second-order valence-corrected chi connectivity index (χ2v) is 4.24. The molecule has 0 bridgehead atoms. The molecule has 1 heterocycles. The van der Waals surface area contributed by atoms with Gasteiger partial charge >= 0.3 is 0 Å². The van der Waals surface area contributed by atoms with Crippen LogP contribution in [0.3, 0.4) is 0 Å². The number of furan rings is 1. The third-order valence-corrected chi connectivity index (χ3v) is 2.79. The number of hydrogen-bond donors (Lipinski definition) is 1. The first-order chi connectivity index (χ1) is 8.16. The second-order valence-electron chi connectivity index (χ2n) is 3.40. The molecule has 0 unspecified atom stereocenters. The Hall–Kier alpha value is -1.45. The Labute approximate surface area is 108 Å². The third-order valence-electron chi connectivity index (χ3n) is 2.20. The number of halogens is 2. The van der Waals surface area contributed by atoms with Gasteiger partial charge in [0, 0.05) is 16.6 Å². The predicted octanol–water partition coefficient (Wildman–Crippen LogP) is 3.52. The van der Waals surface area contributed by atoms with Gasteiger partial charge in [-0.25, -0.2) is 0 Å². The average molecular weight is 270 g/mol. The highest BCUT2D eigenvalue weighted by Gasteiger charge is 2.08. The summed E-state index contributed by atoms with van der Waals surface area (Å²) in [6.45, 7) is 0.329. The second kappa shape index (κ2) is 5.25. The van der Waals surface area contributed by atoms with E-state index in [1.165, 1.54) is 6.26 Å². The molecule has 1 N–H and O–H groups in total. The van der Waals surface area contributed by atoms with E-state index in [0.29, 0.717) is 16.6 Å². The maximum Gasteiger partial charge on any atom is 0.287 e. The van der Waals surface area contributed by atoms with Crippen LogP contribution in [0.5, 0.6) is 0 Å². The molecule has 1 aromatic heterocycles. The summed E-state index contributed by atoms with van der Waals surface area (Å²) >= 11 is 11.8. The van der Waals surface area contributed by atoms with Gasteiger partial charge in [-0.2, -0.15) is 0 Å². The maximum atomic E-state index is 11.6. The van der Waals surface area contributed by atoms with Crippen LogP contribution >= 0.6 is 23.2 Å². The highest BCUT2D eigenvalue weighted by Crippen LogP contribution is 2.20. The Balaban J connectivity index is 2.01. The normalized spacial score (nSPS) is 10.2. The Bertz CT molecular complexity index is 523. The van der Waals surface area contributed by atoms with Gasteiger partial charge in [-0.1, -0.05) is 29.3 Å². The summed E-state index contributed by atoms with van der Waals surface area (Å²) in [5.74, 6) is -0.00361. The summed E-state index contributed by atoms with van der Waals surface area (Å²) in [7, 11) is 0. The van der Waals surface area contributed by atoms with Gasteiger partial charge in [0.25, 0.3) is 5.91 Å². The monoisotopic (exact) mass is 269 g/mol. The molecule has 2 rings (SSSR count). The molecule has 2 aromatic rings. The molecular weight excluding hydrogens is 261 g/mol. The summed E-state index contributed by atoms with van der Waals surface area (Å²) in [5.41, 5.74) is 0.802. The van der Waals surface area contributed by atoms with Crippen molar-refractivity contribution in [1.29, 1.82) is 0 Å². The molecule has 0 fully saturated rings. The van der Waals surface area contributed by atoms with Crippen molar-refractivity contribution in [3.8, 4) is 0 Å². The number of nitrogens with one attached hydrogen (secondary N) is 1. The molecule has 0 atom stereocenters. The van der Waals surface area contributed by atoms with Crippen LogP contribution in [-0.2, 0) is 6.54 Å². The van der Waals surface area contributed by atoms with Crippen molar-refractivity contribution in [2.75, 3.05) is 0 Å². The molecule has 0 saturated heterocycles. The SMILES string of the molecule is O=C(NCc1ccc(Cl)cc1Cl)c1ccco1. The molecular formula is C12H9Cl2NO2. The lowest BCUT2D eigenvalue weighted by atomic mass is 10.2. The molecule has 0 aliphatic carbocycles. The predicted molar refractivity (Wildman–Crippen MR) is 66.3 cm³/mol. The minimum atomic E-state index is -0.277. The summed E-state index contributed by atoms with van der Waals surface area (Å²) in [4.78, 5) is 11.6. The van der Waals surface area contributed by atoms with E-state index in [1.807, 2.05) is 0 Å². The van der Waals surface area contributed by atoms with E-state index in [2.05, 4.69) is 5.32 Å². The smallest absolute Gasteiger partial charge is 0.287 e. The van der Waals surface area contributed by atoms with Crippen molar-refractivity contribution < 1.29 is 9.21 Å². The zero-order chi connectivity index (χ0) is 12.3. The van der Waals surface area contributed by atoms with Gasteiger partial charge in [0.1, 0.15) is 0 Å². The number of amides is 1. The molecule has 0 saturated carbocycles. The molecule has 5 heteroatoms. The van der Waals surface area contributed by atoms with Crippen LogP contribution in [0.15, 0.2) is 41.0 Å². The van der Waals surface area contributed by atoms with Crippen LogP contribution in [0.25, 0.3) is 0 Å². The van der Waals surface area contributed by atoms with Gasteiger partial charge < -0.3 is 9.73 Å². The quantitative estimate of drug-likeness (QED) is 0.927. The van der Waals surface area contributed by atoms with Crippen molar-refractivity contribution in [3.63, 3.8) is 0 Å². The van der Waals surface area contributed by atoms with Crippen LogP contribution in [0, 0.1) is 0 Å². The molecule has 0 radical (unpaired) electrons. The highest BCUT2D eigenvalue weighted by molar-refractivity contribution is 6.35. The summed E-state index contributed by atoms with van der Waals surface area (Å²) in [6.07, 6.45) is 1.45. The van der Waals surface area contributed by atoms with E-state index in [4.69, 9.17) is 27.6 Å². The summed E-state index contributed by atoms with van der Waals surface area (Å²) < 4.78 is 4.97. The number of benzene rings is 1. The lowest BCUT2D eigenvalue weighted by Crippen LogP contribution is -2.22. The largest absolute Gasteiger partial charge is 0.459 e. The third kappa shape index (κ3) is 3.02. The maximum absolute atomic E-state index is 11.6. The Morgan fingerprint density at radius 2 is 2.12 bits per heavy atom. The molecule has 17 heavy (non-hydrogen) atoms. The molecule has 0 spiro atoms. The van der Waals surface area contributed by atoms with Gasteiger partial charge in [0.15, 0.2) is 5.76 Å². The molecule has 88 valence electrons. The lowest BCUT2D eigenvalue weighted by molar-refractivity contribution is 0.0923. The van der Waals surface area contributed by atoms with Crippen molar-refractivity contribution in [2.45, 2.75) is 6.54 Å². The zero-order valence-electron chi connectivity index (χ0n) is 8.74. The Morgan fingerprint density at radius 3 is 2.76 bits per heavy atom. The van der Waals surface area contributed by atoms with Crippen molar-refractivity contribution in [3.05, 3.63) is 58.0 Å². The van der Waals surface area contributed by atoms with Crippen LogP contribution in [-0.4, -0.2) is 5.91 Å². The van der Waals surface area contributed by atoms with Gasteiger partial charge in [-0.3, -0.25) is 4.79 Å². The Kier molecular flexibility index (Phi) is 3.71. The first kappa shape index (κ1) is 12.0. The van der Waals surface area contributed by atoms with Gasteiger partial charge in [0.2, 0.25) is 0 Å². The fraction of sp³-hybridized carbons (Fsp3) is 0.0833. The van der Waals surface area contributed by atoms with E-state index in [-0.39, 0.29) is 11.7 Å². The fourth-order valence-corrected chi connectivity index (χ4v) is 1.81. The van der Waals surface area contributed by atoms with E-state index >= 15 is 0 Å². The average Bonchev–Trinajstić information content (AvgIpc) is 2.81. The molecule has 0 aliphatic rings. The van der Waals surface area contributed by atoms with E-state index < -0.39 is 0 Å². The first-order valence-electron chi connectivity index (χ1n) is 4.92. The topological polar surface area (TPSA) is 42.2 Å². The van der Waals surface area contributed by atoms with E-state index in [9.17, 15) is 4.79 Å². The number of carbonyl (C=O) groups excluding carboxylic acids is 1. The van der Waals surface area contributed by atoms with E-state index in [0.717, 1.165) is 5.56 Å². The zero-order valence-corrected chi connectivity index (χ0v) is 10.3. The lowest BCUT2D eigenvalue weighted by Gasteiger charge is -2.05.